The van der Waals surface area contributed by atoms with Crippen molar-refractivity contribution in [1.82, 2.24) is 9.78 Å². The predicted molar refractivity (Wildman–Crippen MR) is 114 cm³/mol. The number of ether oxygens (including phenoxy) is 1. The third-order valence-corrected chi connectivity index (χ3v) is 9.22. The van der Waals surface area contributed by atoms with Crippen LogP contribution in [0.25, 0.3) is 0 Å². The summed E-state index contributed by atoms with van der Waals surface area (Å²) in [7, 11) is 0. The number of allylic oxidation sites excluding steroid dienone is 1. The number of hydrogen-bond acceptors (Lipinski definition) is 4. The molecule has 0 aromatic carbocycles. The summed E-state index contributed by atoms with van der Waals surface area (Å²) in [6, 6.07) is 0. The molecule has 6 atom stereocenters. The molecule has 4 aliphatic carbocycles. The van der Waals surface area contributed by atoms with Crippen LogP contribution in [0, 0.1) is 30.1 Å². The molecule has 0 spiro atoms. The lowest BCUT2D eigenvalue weighted by Gasteiger charge is -2.57. The Kier molecular flexibility index (Phi) is 4.37. The van der Waals surface area contributed by atoms with E-state index in [1.165, 1.54) is 36.6 Å². The van der Waals surface area contributed by atoms with Crippen LogP contribution >= 0.6 is 0 Å². The molecule has 2 saturated carbocycles. The van der Waals surface area contributed by atoms with Crippen molar-refractivity contribution in [3.63, 3.8) is 0 Å². The zero-order chi connectivity index (χ0) is 21.4. The topological polar surface area (TPSA) is 61.2 Å². The first-order valence-electron chi connectivity index (χ1n) is 11.6. The highest BCUT2D eigenvalue weighted by Gasteiger charge is 2.59. The molecule has 0 aliphatic heterocycles. The molecule has 2 fully saturated rings. The highest BCUT2D eigenvalue weighted by atomic mass is 16.5. The van der Waals surface area contributed by atoms with Crippen molar-refractivity contribution in [2.45, 2.75) is 91.1 Å². The SMILES string of the molecule is CC(=O)O[C@H]1CC[C@@]2(C)C(=CC[C@H]3[C@H]4Cc5c(c(C)nn5C(C)=O)[C@@]4(C)CC[C@@H]32)C1. The van der Waals surface area contributed by atoms with Gasteiger partial charge < -0.3 is 4.74 Å². The van der Waals surface area contributed by atoms with Crippen molar-refractivity contribution >= 4 is 11.9 Å². The monoisotopic (exact) mass is 410 g/mol. The van der Waals surface area contributed by atoms with E-state index >= 15 is 0 Å². The van der Waals surface area contributed by atoms with Gasteiger partial charge in [-0.15, -0.1) is 0 Å². The maximum absolute atomic E-state index is 12.2. The van der Waals surface area contributed by atoms with E-state index in [1.54, 1.807) is 11.6 Å². The number of hydrogen-bond donors (Lipinski definition) is 0. The molecule has 1 aromatic rings. The molecule has 5 rings (SSSR count). The molecular weight excluding hydrogens is 376 g/mol. The fourth-order valence-corrected chi connectivity index (χ4v) is 7.95. The van der Waals surface area contributed by atoms with Gasteiger partial charge in [0.25, 0.3) is 0 Å². The van der Waals surface area contributed by atoms with E-state index in [0.717, 1.165) is 37.8 Å². The van der Waals surface area contributed by atoms with Gasteiger partial charge in [0.1, 0.15) is 6.10 Å². The second-order valence-electron chi connectivity index (χ2n) is 10.7. The van der Waals surface area contributed by atoms with Gasteiger partial charge in [-0.25, -0.2) is 4.68 Å². The first kappa shape index (κ1) is 20.0. The van der Waals surface area contributed by atoms with Crippen LogP contribution in [0.2, 0.25) is 0 Å². The van der Waals surface area contributed by atoms with Crippen LogP contribution in [0.4, 0.5) is 0 Å². The van der Waals surface area contributed by atoms with Crippen LogP contribution in [-0.2, 0) is 21.4 Å². The van der Waals surface area contributed by atoms with Gasteiger partial charge in [-0.2, -0.15) is 5.10 Å². The summed E-state index contributed by atoms with van der Waals surface area (Å²) in [5.74, 6) is 1.77. The molecular formula is C25H34N2O3. The van der Waals surface area contributed by atoms with Crippen LogP contribution in [0.3, 0.4) is 0 Å². The Morgan fingerprint density at radius 3 is 2.53 bits per heavy atom. The molecule has 1 aromatic heterocycles. The number of aromatic nitrogens is 2. The summed E-state index contributed by atoms with van der Waals surface area (Å²) >= 11 is 0. The molecule has 0 amide bonds. The second kappa shape index (κ2) is 6.54. The fraction of sp³-hybridized carbons (Fsp3) is 0.720. The van der Waals surface area contributed by atoms with E-state index in [9.17, 15) is 9.59 Å². The van der Waals surface area contributed by atoms with Crippen molar-refractivity contribution in [1.29, 1.82) is 0 Å². The normalized spacial score (nSPS) is 39.3. The van der Waals surface area contributed by atoms with Crippen molar-refractivity contribution in [3.05, 3.63) is 28.6 Å². The third-order valence-electron chi connectivity index (χ3n) is 9.22. The summed E-state index contributed by atoms with van der Waals surface area (Å²) in [4.78, 5) is 23.7. The quantitative estimate of drug-likeness (QED) is 0.495. The second-order valence-corrected chi connectivity index (χ2v) is 10.7. The van der Waals surface area contributed by atoms with Gasteiger partial charge in [-0.1, -0.05) is 25.5 Å². The van der Waals surface area contributed by atoms with Gasteiger partial charge >= 0.3 is 5.97 Å². The molecule has 0 unspecified atom stereocenters. The van der Waals surface area contributed by atoms with Gasteiger partial charge in [-0.05, 0) is 74.0 Å². The van der Waals surface area contributed by atoms with Gasteiger partial charge in [0.15, 0.2) is 0 Å². The van der Waals surface area contributed by atoms with Crippen molar-refractivity contribution in [2.24, 2.45) is 23.2 Å². The van der Waals surface area contributed by atoms with Crippen LogP contribution in [0.1, 0.15) is 88.0 Å². The molecule has 0 N–H and O–H groups in total. The first-order valence-corrected chi connectivity index (χ1v) is 11.6. The number of carbonyl (C=O) groups is 2. The van der Waals surface area contributed by atoms with Crippen molar-refractivity contribution in [2.75, 3.05) is 0 Å². The highest BCUT2D eigenvalue weighted by Crippen LogP contribution is 2.64. The largest absolute Gasteiger partial charge is 0.462 e. The number of aryl methyl sites for hydroxylation is 1. The van der Waals surface area contributed by atoms with E-state index in [2.05, 4.69) is 31.9 Å². The minimum atomic E-state index is -0.162. The minimum Gasteiger partial charge on any atom is -0.462 e. The zero-order valence-corrected chi connectivity index (χ0v) is 19.0. The minimum absolute atomic E-state index is 0.0275. The number of rotatable bonds is 1. The van der Waals surface area contributed by atoms with Crippen molar-refractivity contribution < 1.29 is 14.3 Å². The molecule has 30 heavy (non-hydrogen) atoms. The average Bonchev–Trinajstić information content (AvgIpc) is 3.16. The van der Waals surface area contributed by atoms with E-state index in [0.29, 0.717) is 17.8 Å². The van der Waals surface area contributed by atoms with Crippen LogP contribution < -0.4 is 0 Å². The van der Waals surface area contributed by atoms with Crippen LogP contribution in [0.15, 0.2) is 11.6 Å². The summed E-state index contributed by atoms with van der Waals surface area (Å²) < 4.78 is 7.25. The van der Waals surface area contributed by atoms with Gasteiger partial charge in [0.05, 0.1) is 11.4 Å². The summed E-state index contributed by atoms with van der Waals surface area (Å²) in [6.45, 7) is 10.1. The van der Waals surface area contributed by atoms with Gasteiger partial charge in [-0.3, -0.25) is 9.59 Å². The zero-order valence-electron chi connectivity index (χ0n) is 19.0. The van der Waals surface area contributed by atoms with E-state index in [-0.39, 0.29) is 28.8 Å². The molecule has 4 aliphatic rings. The lowest BCUT2D eigenvalue weighted by molar-refractivity contribution is -0.148. The molecule has 0 saturated heterocycles. The van der Waals surface area contributed by atoms with Crippen molar-refractivity contribution in [3.8, 4) is 0 Å². The number of carbonyl (C=O) groups excluding carboxylic acids is 2. The maximum Gasteiger partial charge on any atom is 0.302 e. The predicted octanol–water partition coefficient (Wildman–Crippen LogP) is 4.76. The number of esters is 1. The Bertz CT molecular complexity index is 960. The maximum atomic E-state index is 12.2. The standard InChI is InChI=1S/C25H34N2O3/c1-14-23-22(27(26-14)15(2)28)13-21-19-7-6-17-12-18(30-16(3)29)8-10-24(17,4)20(19)9-11-25(21,23)5/h6,18-21H,7-13H2,1-5H3/t18-,19+,20-,21+,24-,25-/m0/s1. The number of fused-ring (bicyclic) bond motifs is 7. The van der Waals surface area contributed by atoms with E-state index in [1.807, 2.05) is 0 Å². The molecule has 162 valence electrons. The first-order chi connectivity index (χ1) is 14.1. The van der Waals surface area contributed by atoms with Crippen LogP contribution in [0.5, 0.6) is 0 Å². The molecule has 1 heterocycles. The van der Waals surface area contributed by atoms with Gasteiger partial charge in [0.2, 0.25) is 5.91 Å². The lowest BCUT2D eigenvalue weighted by atomic mass is 9.47. The summed E-state index contributed by atoms with van der Waals surface area (Å²) in [6.07, 6.45) is 10.00. The Morgan fingerprint density at radius 2 is 1.83 bits per heavy atom. The molecule has 5 heteroatoms. The number of nitrogens with zero attached hydrogens (tertiary/aromatic N) is 2. The van der Waals surface area contributed by atoms with E-state index < -0.39 is 0 Å². The Hall–Kier alpha value is -1.91. The lowest BCUT2D eigenvalue weighted by Crippen LogP contribution is -2.51. The Labute approximate surface area is 179 Å². The molecule has 5 nitrogen and oxygen atoms in total. The fourth-order valence-electron chi connectivity index (χ4n) is 7.95. The Balaban J connectivity index is 1.47. The van der Waals surface area contributed by atoms with Gasteiger partial charge in [0, 0.05) is 25.8 Å². The average molecular weight is 411 g/mol. The summed E-state index contributed by atoms with van der Waals surface area (Å²) in [5.41, 5.74) is 5.45. The third kappa shape index (κ3) is 2.63. The highest BCUT2D eigenvalue weighted by molar-refractivity contribution is 5.77. The van der Waals surface area contributed by atoms with Crippen LogP contribution in [-0.4, -0.2) is 27.8 Å². The Morgan fingerprint density at radius 1 is 1.10 bits per heavy atom. The smallest absolute Gasteiger partial charge is 0.302 e. The molecule has 0 radical (unpaired) electrons. The summed E-state index contributed by atoms with van der Waals surface area (Å²) in [5, 5.41) is 4.60. The molecule has 0 bridgehead atoms. The van der Waals surface area contributed by atoms with E-state index in [4.69, 9.17) is 4.74 Å².